The van der Waals surface area contributed by atoms with Crippen LogP contribution in [0.3, 0.4) is 0 Å². The van der Waals surface area contributed by atoms with Crippen LogP contribution in [0, 0.1) is 0 Å². The number of nitrogens with zero attached hydrogens (tertiary/aromatic N) is 3. The van der Waals surface area contributed by atoms with Crippen LogP contribution in [-0.4, -0.2) is 38.6 Å². The van der Waals surface area contributed by atoms with E-state index in [1.54, 1.807) is 42.7 Å². The molecule has 0 spiro atoms. The lowest BCUT2D eigenvalue weighted by Gasteiger charge is -1.95. The maximum atomic E-state index is 10.2. The molecule has 0 fully saturated rings. The van der Waals surface area contributed by atoms with Gasteiger partial charge in [0.2, 0.25) is 0 Å². The highest BCUT2D eigenvalue weighted by molar-refractivity contribution is 9.10. The number of aryl methyl sites for hydroxylation is 2. The average molecular weight is 512 g/mol. The molecule has 0 saturated carbocycles. The van der Waals surface area contributed by atoms with Crippen LogP contribution in [0.5, 0.6) is 0 Å². The molecule has 0 aliphatic carbocycles. The van der Waals surface area contributed by atoms with E-state index < -0.39 is 5.97 Å². The second kappa shape index (κ2) is 16.2. The van der Waals surface area contributed by atoms with Gasteiger partial charge in [0, 0.05) is 41.1 Å². The van der Waals surface area contributed by atoms with Crippen LogP contribution in [0.1, 0.15) is 57.9 Å². The molecule has 3 rings (SSSR count). The number of hydrogen-bond donors (Lipinski definition) is 1. The van der Waals surface area contributed by atoms with Crippen molar-refractivity contribution in [3.8, 4) is 0 Å². The van der Waals surface area contributed by atoms with E-state index in [2.05, 4.69) is 30.9 Å². The van der Waals surface area contributed by atoms with Crippen LogP contribution in [0.2, 0.25) is 0 Å². The second-order valence-electron chi connectivity index (χ2n) is 6.52. The molecule has 3 aromatic heterocycles. The van der Waals surface area contributed by atoms with Crippen LogP contribution < -0.4 is 0 Å². The van der Waals surface area contributed by atoms with Crippen molar-refractivity contribution in [3.05, 3.63) is 93.7 Å². The quantitative estimate of drug-likeness (QED) is 0.340. The molecule has 0 bridgehead atoms. The molecule has 8 heteroatoms. The zero-order valence-electron chi connectivity index (χ0n) is 18.5. The van der Waals surface area contributed by atoms with Gasteiger partial charge in [-0.1, -0.05) is 32.1 Å². The van der Waals surface area contributed by atoms with Crippen molar-refractivity contribution in [1.29, 1.82) is 0 Å². The summed E-state index contributed by atoms with van der Waals surface area (Å²) in [6, 6.07) is 10.9. The number of aromatic nitrogens is 3. The minimum absolute atomic E-state index is 0.0511. The molecule has 1 N–H and O–H groups in total. The van der Waals surface area contributed by atoms with E-state index in [-0.39, 0.29) is 6.42 Å². The van der Waals surface area contributed by atoms with Gasteiger partial charge in [0.15, 0.2) is 12.6 Å². The third-order valence-corrected chi connectivity index (χ3v) is 4.51. The van der Waals surface area contributed by atoms with Crippen molar-refractivity contribution in [2.75, 3.05) is 0 Å². The summed E-state index contributed by atoms with van der Waals surface area (Å²) >= 11 is 3.15. The topological polar surface area (TPSA) is 110 Å². The molecule has 0 aliphatic heterocycles. The van der Waals surface area contributed by atoms with E-state index in [1.165, 1.54) is 6.20 Å². The molecule has 0 saturated heterocycles. The first kappa shape index (κ1) is 27.5. The standard InChI is InChI=1S/C11H13NO2.C8H9NO.C6H4BrNO/c1-2-10-7-6-9(8-12-10)4-3-5-11(13)14;1-2-8-4-3-7(6-10)5-9-8;7-6-2-1-5(4-9)3-8-6/h3-4,6-8H,2,5H2,1H3,(H,13,14);3-6H,2H2,1H3;1-4H/b4-3+;;. The fraction of sp³-hybridized carbons (Fsp3) is 0.200. The fourth-order valence-corrected chi connectivity index (χ4v) is 2.45. The maximum Gasteiger partial charge on any atom is 0.307 e. The molecule has 0 unspecified atom stereocenters. The Hall–Kier alpha value is -3.52. The van der Waals surface area contributed by atoms with Crippen LogP contribution in [0.25, 0.3) is 6.08 Å². The number of hydrogen-bond acceptors (Lipinski definition) is 6. The van der Waals surface area contributed by atoms with E-state index in [0.717, 1.165) is 47.0 Å². The van der Waals surface area contributed by atoms with Gasteiger partial charge in [0.25, 0.3) is 0 Å². The van der Waals surface area contributed by atoms with Crippen molar-refractivity contribution in [3.63, 3.8) is 0 Å². The molecular formula is C25H26BrN3O4. The summed E-state index contributed by atoms with van der Waals surface area (Å²) in [5.41, 5.74) is 4.23. The van der Waals surface area contributed by atoms with Crippen molar-refractivity contribution >= 4 is 40.5 Å². The molecule has 3 heterocycles. The summed E-state index contributed by atoms with van der Waals surface area (Å²) in [5, 5.41) is 8.41. The number of halogens is 1. The largest absolute Gasteiger partial charge is 0.481 e. The molecule has 7 nitrogen and oxygen atoms in total. The second-order valence-corrected chi connectivity index (χ2v) is 7.34. The average Bonchev–Trinajstić information content (AvgIpc) is 2.85. The summed E-state index contributed by atoms with van der Waals surface area (Å²) in [7, 11) is 0. The lowest BCUT2D eigenvalue weighted by atomic mass is 10.2. The first-order valence-electron chi connectivity index (χ1n) is 10.2. The predicted octanol–water partition coefficient (Wildman–Crippen LogP) is 5.25. The minimum Gasteiger partial charge on any atom is -0.481 e. The summed E-state index contributed by atoms with van der Waals surface area (Å²) in [5.74, 6) is -0.820. The lowest BCUT2D eigenvalue weighted by molar-refractivity contribution is -0.135. The van der Waals surface area contributed by atoms with Gasteiger partial charge in [-0.15, -0.1) is 0 Å². The Morgan fingerprint density at radius 3 is 1.67 bits per heavy atom. The zero-order chi connectivity index (χ0) is 24.5. The van der Waals surface area contributed by atoms with Crippen molar-refractivity contribution < 1.29 is 19.5 Å². The highest BCUT2D eigenvalue weighted by atomic mass is 79.9. The lowest BCUT2D eigenvalue weighted by Crippen LogP contribution is -1.90. The maximum absolute atomic E-state index is 10.2. The first-order valence-corrected chi connectivity index (χ1v) is 11.0. The minimum atomic E-state index is -0.820. The Kier molecular flexibility index (Phi) is 13.5. The molecule has 33 heavy (non-hydrogen) atoms. The molecule has 0 radical (unpaired) electrons. The SMILES string of the molecule is CCc1ccc(/C=C/CC(=O)O)cn1.CCc1ccc(C=O)cn1.O=Cc1ccc(Br)nc1. The molecule has 0 aliphatic rings. The van der Waals surface area contributed by atoms with Gasteiger partial charge in [-0.2, -0.15) is 0 Å². The van der Waals surface area contributed by atoms with Crippen LogP contribution in [-0.2, 0) is 17.6 Å². The molecule has 0 atom stereocenters. The number of aliphatic carboxylic acids is 1. The normalized spacial score (nSPS) is 9.79. The van der Waals surface area contributed by atoms with Gasteiger partial charge in [-0.25, -0.2) is 4.98 Å². The molecule has 0 amide bonds. The van der Waals surface area contributed by atoms with E-state index in [1.807, 2.05) is 32.0 Å². The van der Waals surface area contributed by atoms with E-state index in [4.69, 9.17) is 5.11 Å². The summed E-state index contributed by atoms with van der Waals surface area (Å²) in [6.07, 6.45) is 11.7. The molecular weight excluding hydrogens is 486 g/mol. The van der Waals surface area contributed by atoms with Crippen molar-refractivity contribution in [2.45, 2.75) is 33.1 Å². The van der Waals surface area contributed by atoms with E-state index in [0.29, 0.717) is 11.1 Å². The van der Waals surface area contributed by atoms with Gasteiger partial charge in [0.1, 0.15) is 4.60 Å². The number of pyridine rings is 3. The highest BCUT2D eigenvalue weighted by Crippen LogP contribution is 2.04. The van der Waals surface area contributed by atoms with Crippen LogP contribution in [0.4, 0.5) is 0 Å². The van der Waals surface area contributed by atoms with Gasteiger partial charge in [0.05, 0.1) is 6.42 Å². The van der Waals surface area contributed by atoms with Crippen molar-refractivity contribution in [1.82, 2.24) is 15.0 Å². The Bertz CT molecular complexity index is 1020. The third kappa shape index (κ3) is 12.2. The molecule has 172 valence electrons. The van der Waals surface area contributed by atoms with Gasteiger partial charge < -0.3 is 5.11 Å². The van der Waals surface area contributed by atoms with Gasteiger partial charge >= 0.3 is 5.97 Å². The summed E-state index contributed by atoms with van der Waals surface area (Å²) in [4.78, 5) is 42.5. The smallest absolute Gasteiger partial charge is 0.307 e. The fourth-order valence-electron chi connectivity index (χ4n) is 2.21. The molecule has 0 aromatic carbocycles. The van der Waals surface area contributed by atoms with Crippen molar-refractivity contribution in [2.24, 2.45) is 0 Å². The number of carboxylic acid groups (broad SMARTS) is 1. The van der Waals surface area contributed by atoms with Gasteiger partial charge in [-0.3, -0.25) is 24.4 Å². The summed E-state index contributed by atoms with van der Waals surface area (Å²) < 4.78 is 0.744. The van der Waals surface area contributed by atoms with Crippen LogP contribution in [0.15, 0.2) is 65.7 Å². The zero-order valence-corrected chi connectivity index (χ0v) is 20.1. The third-order valence-electron chi connectivity index (χ3n) is 4.04. The Labute approximate surface area is 201 Å². The first-order chi connectivity index (χ1) is 15.9. The number of carbonyl (C=O) groups is 3. The number of carboxylic acids is 1. The number of rotatable bonds is 7. The monoisotopic (exact) mass is 511 g/mol. The molecule has 3 aromatic rings. The van der Waals surface area contributed by atoms with E-state index >= 15 is 0 Å². The van der Waals surface area contributed by atoms with Crippen LogP contribution >= 0.6 is 15.9 Å². The van der Waals surface area contributed by atoms with Gasteiger partial charge in [-0.05, 0) is 64.7 Å². The summed E-state index contributed by atoms with van der Waals surface area (Å²) in [6.45, 7) is 4.07. The number of carbonyl (C=O) groups excluding carboxylic acids is 2. The Morgan fingerprint density at radius 2 is 1.30 bits per heavy atom. The Balaban J connectivity index is 0.000000255. The predicted molar refractivity (Wildman–Crippen MR) is 131 cm³/mol. The Morgan fingerprint density at radius 1 is 0.818 bits per heavy atom. The van der Waals surface area contributed by atoms with E-state index in [9.17, 15) is 14.4 Å². The number of aldehydes is 2. The highest BCUT2D eigenvalue weighted by Gasteiger charge is 1.93.